The fourth-order valence-electron chi connectivity index (χ4n) is 2.29. The maximum absolute atomic E-state index is 12.3. The maximum Gasteiger partial charge on any atom is 0.266 e. The van der Waals surface area contributed by atoms with Gasteiger partial charge in [-0.3, -0.25) is 4.79 Å². The van der Waals surface area contributed by atoms with Gasteiger partial charge in [0.25, 0.3) is 5.91 Å². The van der Waals surface area contributed by atoms with Crippen LogP contribution in [0, 0.1) is 6.92 Å². The Kier molecular flexibility index (Phi) is 2.95. The van der Waals surface area contributed by atoms with Crippen molar-refractivity contribution in [3.8, 4) is 0 Å². The second kappa shape index (κ2) is 4.33. The number of rotatable bonds is 1. The predicted octanol–water partition coefficient (Wildman–Crippen LogP) is 2.53. The SMILES string of the molecule is Cc1nc(N)sc1[C@]1(O)C(=O)Nc2c(Cl)cc(Cl)cc21. The number of aryl methyl sites for hydroxylation is 1. The Morgan fingerprint density at radius 1 is 1.45 bits per heavy atom. The number of anilines is 2. The third-order valence-corrected chi connectivity index (χ3v) is 4.77. The van der Waals surface area contributed by atoms with Gasteiger partial charge >= 0.3 is 0 Å². The molecule has 0 spiro atoms. The number of fused-ring (bicyclic) bond motifs is 1. The molecular formula is C12H9Cl2N3O2S. The summed E-state index contributed by atoms with van der Waals surface area (Å²) in [4.78, 5) is 16.7. The Bertz CT molecular complexity index is 747. The Balaban J connectivity index is 2.31. The van der Waals surface area contributed by atoms with E-state index in [9.17, 15) is 9.90 Å². The normalized spacial score (nSPS) is 20.9. The Labute approximate surface area is 128 Å². The van der Waals surface area contributed by atoms with Crippen molar-refractivity contribution in [3.63, 3.8) is 0 Å². The average Bonchev–Trinajstić information content (AvgIpc) is 2.81. The zero-order valence-corrected chi connectivity index (χ0v) is 12.5. The van der Waals surface area contributed by atoms with Crippen molar-refractivity contribution in [2.75, 3.05) is 11.1 Å². The van der Waals surface area contributed by atoms with Gasteiger partial charge in [-0.2, -0.15) is 0 Å². The van der Waals surface area contributed by atoms with E-state index in [-0.39, 0.29) is 10.2 Å². The lowest BCUT2D eigenvalue weighted by atomic mass is 9.93. The van der Waals surface area contributed by atoms with Gasteiger partial charge in [0.05, 0.1) is 21.3 Å². The number of nitrogens with zero attached hydrogens (tertiary/aromatic N) is 1. The molecule has 1 aromatic carbocycles. The van der Waals surface area contributed by atoms with Crippen LogP contribution in [0.2, 0.25) is 10.0 Å². The van der Waals surface area contributed by atoms with E-state index in [1.54, 1.807) is 6.92 Å². The zero-order valence-electron chi connectivity index (χ0n) is 10.2. The number of halogens is 2. The minimum atomic E-state index is -1.87. The molecule has 1 aliphatic heterocycles. The average molecular weight is 330 g/mol. The molecule has 4 N–H and O–H groups in total. The standard InChI is InChI=1S/C12H9Cl2N3O2S/c1-4-9(20-11(15)16-4)12(19)6-2-5(13)3-7(14)8(6)17-10(12)18/h2-3,19H,1H3,(H2,15,16)(H,17,18)/t12-/m0/s1. The van der Waals surface area contributed by atoms with Crippen LogP contribution >= 0.6 is 34.5 Å². The van der Waals surface area contributed by atoms with Crippen LogP contribution in [0.1, 0.15) is 16.1 Å². The highest BCUT2D eigenvalue weighted by atomic mass is 35.5. The van der Waals surface area contributed by atoms with Crippen LogP contribution in [0.3, 0.4) is 0 Å². The summed E-state index contributed by atoms with van der Waals surface area (Å²) in [5.74, 6) is -0.594. The lowest BCUT2D eigenvalue weighted by Gasteiger charge is -2.20. The van der Waals surface area contributed by atoms with Crippen molar-refractivity contribution in [3.05, 3.63) is 38.3 Å². The van der Waals surface area contributed by atoms with Gasteiger partial charge in [0, 0.05) is 10.6 Å². The van der Waals surface area contributed by atoms with Crippen molar-refractivity contribution >= 4 is 51.3 Å². The third-order valence-electron chi connectivity index (χ3n) is 3.15. The third kappa shape index (κ3) is 1.73. The van der Waals surface area contributed by atoms with Crippen LogP contribution in [0.15, 0.2) is 12.1 Å². The molecule has 1 aliphatic rings. The van der Waals surface area contributed by atoms with Gasteiger partial charge in [-0.15, -0.1) is 0 Å². The van der Waals surface area contributed by atoms with Crippen molar-refractivity contribution in [1.29, 1.82) is 0 Å². The van der Waals surface area contributed by atoms with Crippen molar-refractivity contribution < 1.29 is 9.90 Å². The topological polar surface area (TPSA) is 88.2 Å². The van der Waals surface area contributed by atoms with E-state index in [0.717, 1.165) is 11.3 Å². The quantitative estimate of drug-likeness (QED) is 0.750. The van der Waals surface area contributed by atoms with E-state index in [4.69, 9.17) is 28.9 Å². The molecule has 1 atom stereocenters. The number of aromatic nitrogens is 1. The molecule has 104 valence electrons. The van der Waals surface area contributed by atoms with E-state index in [2.05, 4.69) is 10.3 Å². The first-order valence-electron chi connectivity index (χ1n) is 5.60. The number of nitrogen functional groups attached to an aromatic ring is 1. The molecule has 0 unspecified atom stereocenters. The first kappa shape index (κ1) is 13.6. The van der Waals surface area contributed by atoms with E-state index < -0.39 is 11.5 Å². The van der Waals surface area contributed by atoms with Gasteiger partial charge in [-0.05, 0) is 19.1 Å². The molecule has 5 nitrogen and oxygen atoms in total. The van der Waals surface area contributed by atoms with Crippen molar-refractivity contribution in [2.45, 2.75) is 12.5 Å². The molecule has 20 heavy (non-hydrogen) atoms. The molecule has 8 heteroatoms. The van der Waals surface area contributed by atoms with Gasteiger partial charge in [-0.25, -0.2) is 4.98 Å². The second-order valence-electron chi connectivity index (χ2n) is 4.44. The highest BCUT2D eigenvalue weighted by Crippen LogP contribution is 2.48. The van der Waals surface area contributed by atoms with Crippen molar-refractivity contribution in [2.24, 2.45) is 0 Å². The van der Waals surface area contributed by atoms with Crippen molar-refractivity contribution in [1.82, 2.24) is 4.98 Å². The summed E-state index contributed by atoms with van der Waals surface area (Å²) in [6.07, 6.45) is 0. The van der Waals surface area contributed by atoms with Crippen LogP contribution < -0.4 is 11.1 Å². The van der Waals surface area contributed by atoms with Gasteiger partial charge in [0.15, 0.2) is 5.13 Å². The summed E-state index contributed by atoms with van der Waals surface area (Å²) < 4.78 is 0. The predicted molar refractivity (Wildman–Crippen MR) is 79.4 cm³/mol. The first-order valence-corrected chi connectivity index (χ1v) is 7.18. The number of thiazole rings is 1. The molecule has 1 amide bonds. The minimum absolute atomic E-state index is 0.270. The first-order chi connectivity index (χ1) is 9.34. The summed E-state index contributed by atoms with van der Waals surface area (Å²) in [6, 6.07) is 3.01. The Morgan fingerprint density at radius 2 is 2.15 bits per heavy atom. The number of aliphatic hydroxyl groups is 1. The molecule has 0 radical (unpaired) electrons. The van der Waals surface area contributed by atoms with Crippen LogP contribution in [0.5, 0.6) is 0 Å². The zero-order chi connectivity index (χ0) is 14.7. The number of carbonyl (C=O) groups excluding carboxylic acids is 1. The van der Waals surface area contributed by atoms with Gasteiger partial charge < -0.3 is 16.2 Å². The number of amides is 1. The molecule has 2 aromatic rings. The van der Waals surface area contributed by atoms with Crippen LogP contribution in [0.25, 0.3) is 0 Å². The largest absolute Gasteiger partial charge is 0.375 e. The Morgan fingerprint density at radius 3 is 2.75 bits per heavy atom. The smallest absolute Gasteiger partial charge is 0.266 e. The summed E-state index contributed by atoms with van der Waals surface area (Å²) in [5, 5.41) is 14.4. The van der Waals surface area contributed by atoms with Crippen LogP contribution in [-0.4, -0.2) is 16.0 Å². The van der Waals surface area contributed by atoms with Gasteiger partial charge in [0.1, 0.15) is 0 Å². The van der Waals surface area contributed by atoms with Crippen LogP contribution in [-0.2, 0) is 10.4 Å². The van der Waals surface area contributed by atoms with Gasteiger partial charge in [0.2, 0.25) is 5.60 Å². The number of nitrogens with one attached hydrogen (secondary N) is 1. The van der Waals surface area contributed by atoms with Crippen LogP contribution in [0.4, 0.5) is 10.8 Å². The van der Waals surface area contributed by atoms with Gasteiger partial charge in [-0.1, -0.05) is 34.5 Å². The molecule has 0 fully saturated rings. The molecule has 0 aliphatic carbocycles. The number of carbonyl (C=O) groups is 1. The molecule has 2 heterocycles. The highest BCUT2D eigenvalue weighted by molar-refractivity contribution is 7.15. The summed E-state index contributed by atoms with van der Waals surface area (Å²) in [7, 11) is 0. The number of nitrogens with two attached hydrogens (primary N) is 1. The maximum atomic E-state index is 12.3. The summed E-state index contributed by atoms with van der Waals surface area (Å²) >= 11 is 13.1. The van der Waals surface area contributed by atoms with E-state index in [0.29, 0.717) is 26.8 Å². The molecule has 3 rings (SSSR count). The monoisotopic (exact) mass is 329 g/mol. The number of hydrogen-bond acceptors (Lipinski definition) is 5. The fourth-order valence-corrected chi connectivity index (χ4v) is 3.77. The number of hydrogen-bond donors (Lipinski definition) is 3. The molecule has 0 saturated carbocycles. The Hall–Kier alpha value is -1.34. The summed E-state index contributed by atoms with van der Waals surface area (Å²) in [5.41, 5.74) is 4.93. The highest BCUT2D eigenvalue weighted by Gasteiger charge is 2.50. The summed E-state index contributed by atoms with van der Waals surface area (Å²) in [6.45, 7) is 1.68. The number of benzene rings is 1. The molecule has 1 aromatic heterocycles. The molecular weight excluding hydrogens is 321 g/mol. The molecule has 0 bridgehead atoms. The lowest BCUT2D eigenvalue weighted by molar-refractivity contribution is -0.129. The van der Waals surface area contributed by atoms with E-state index >= 15 is 0 Å². The second-order valence-corrected chi connectivity index (χ2v) is 6.32. The van der Waals surface area contributed by atoms with E-state index in [1.807, 2.05) is 0 Å². The van der Waals surface area contributed by atoms with E-state index in [1.165, 1.54) is 12.1 Å². The fraction of sp³-hybridized carbons (Fsp3) is 0.167. The lowest BCUT2D eigenvalue weighted by Crippen LogP contribution is -2.35. The molecule has 0 saturated heterocycles. The minimum Gasteiger partial charge on any atom is -0.375 e.